The third-order valence-corrected chi connectivity index (χ3v) is 4.88. The van der Waals surface area contributed by atoms with E-state index in [0.717, 1.165) is 17.5 Å². The predicted molar refractivity (Wildman–Crippen MR) is 99.9 cm³/mol. The second kappa shape index (κ2) is 8.24. The van der Waals surface area contributed by atoms with E-state index in [1.54, 1.807) is 36.2 Å². The molecule has 0 saturated carbocycles. The van der Waals surface area contributed by atoms with Gasteiger partial charge in [0.25, 0.3) is 11.8 Å². The van der Waals surface area contributed by atoms with Crippen LogP contribution < -0.4 is 21.1 Å². The molecule has 2 heterocycles. The Morgan fingerprint density at radius 1 is 1.38 bits per heavy atom. The summed E-state index contributed by atoms with van der Waals surface area (Å²) in [5.41, 5.74) is 6.65. The summed E-state index contributed by atoms with van der Waals surface area (Å²) in [4.78, 5) is 29.1. The Morgan fingerprint density at radius 3 is 2.96 bits per heavy atom. The molecule has 0 aliphatic carbocycles. The first-order chi connectivity index (χ1) is 12.6. The standard InChI is InChI=1S/C17H21N5O3S/c1-25-14-4-3-11(9-12(14)15(23)19-6-2-5-18)20-16(24)13-10-22-7-8-26-17(22)21-13/h3-4,9-10H,2,5-8,18H2,1H3,(H,19,23)(H,20,24). The number of carbonyl (C=O) groups excluding carboxylic acids is 2. The number of methoxy groups -OCH3 is 1. The maximum absolute atomic E-state index is 12.4. The molecule has 0 atom stereocenters. The topological polar surface area (TPSA) is 111 Å². The molecule has 1 aromatic carbocycles. The van der Waals surface area contributed by atoms with Gasteiger partial charge in [-0.05, 0) is 31.2 Å². The number of fused-ring (bicyclic) bond motifs is 1. The Kier molecular flexibility index (Phi) is 5.79. The summed E-state index contributed by atoms with van der Waals surface area (Å²) in [7, 11) is 1.49. The van der Waals surface area contributed by atoms with Crippen LogP contribution in [0.4, 0.5) is 5.69 Å². The van der Waals surface area contributed by atoms with Crippen LogP contribution in [0, 0.1) is 0 Å². The Bertz CT molecular complexity index is 799. The van der Waals surface area contributed by atoms with Gasteiger partial charge in [0.2, 0.25) is 0 Å². The van der Waals surface area contributed by atoms with Crippen molar-refractivity contribution in [3.63, 3.8) is 0 Å². The smallest absolute Gasteiger partial charge is 0.275 e. The number of nitrogens with one attached hydrogen (secondary N) is 2. The number of hydrogen-bond acceptors (Lipinski definition) is 6. The molecule has 8 nitrogen and oxygen atoms in total. The number of anilines is 1. The molecule has 4 N–H and O–H groups in total. The van der Waals surface area contributed by atoms with Crippen LogP contribution in [0.5, 0.6) is 5.75 Å². The summed E-state index contributed by atoms with van der Waals surface area (Å²) in [5.74, 6) is 0.826. The third kappa shape index (κ3) is 4.00. The largest absolute Gasteiger partial charge is 0.496 e. The van der Waals surface area contributed by atoms with Crippen LogP contribution >= 0.6 is 11.8 Å². The van der Waals surface area contributed by atoms with E-state index in [1.165, 1.54) is 7.11 Å². The number of amides is 2. The molecule has 1 aromatic heterocycles. The van der Waals surface area contributed by atoms with Crippen LogP contribution in [-0.2, 0) is 6.54 Å². The minimum Gasteiger partial charge on any atom is -0.496 e. The van der Waals surface area contributed by atoms with Crippen LogP contribution in [0.1, 0.15) is 27.3 Å². The monoisotopic (exact) mass is 375 g/mol. The molecule has 3 rings (SSSR count). The summed E-state index contributed by atoms with van der Waals surface area (Å²) in [6, 6.07) is 4.93. The van der Waals surface area contributed by atoms with Crippen molar-refractivity contribution in [2.45, 2.75) is 18.1 Å². The fraction of sp³-hybridized carbons (Fsp3) is 0.353. The highest BCUT2D eigenvalue weighted by atomic mass is 32.2. The second-order valence-corrected chi connectivity index (χ2v) is 6.78. The molecule has 1 aliphatic rings. The van der Waals surface area contributed by atoms with Crippen molar-refractivity contribution in [1.29, 1.82) is 0 Å². The first-order valence-corrected chi connectivity index (χ1v) is 9.28. The molecule has 9 heteroatoms. The molecule has 1 aliphatic heterocycles. The Balaban J connectivity index is 1.73. The van der Waals surface area contributed by atoms with E-state index in [-0.39, 0.29) is 11.8 Å². The minimum atomic E-state index is -0.313. The average molecular weight is 375 g/mol. The number of aryl methyl sites for hydroxylation is 1. The predicted octanol–water partition coefficient (Wildman–Crippen LogP) is 1.33. The van der Waals surface area contributed by atoms with E-state index in [0.29, 0.717) is 42.2 Å². The fourth-order valence-electron chi connectivity index (χ4n) is 2.58. The van der Waals surface area contributed by atoms with Crippen molar-refractivity contribution in [2.24, 2.45) is 5.73 Å². The van der Waals surface area contributed by atoms with Gasteiger partial charge >= 0.3 is 0 Å². The molecule has 0 unspecified atom stereocenters. The van der Waals surface area contributed by atoms with Gasteiger partial charge in [-0.2, -0.15) is 0 Å². The summed E-state index contributed by atoms with van der Waals surface area (Å²) in [6.07, 6.45) is 2.43. The zero-order valence-corrected chi connectivity index (χ0v) is 15.3. The SMILES string of the molecule is COc1ccc(NC(=O)c2cn3c(n2)SCC3)cc1C(=O)NCCCN. The van der Waals surface area contributed by atoms with Crippen molar-refractivity contribution in [2.75, 3.05) is 31.3 Å². The van der Waals surface area contributed by atoms with Gasteiger partial charge in [-0.15, -0.1) is 0 Å². The Morgan fingerprint density at radius 2 is 2.23 bits per heavy atom. The van der Waals surface area contributed by atoms with E-state index in [2.05, 4.69) is 15.6 Å². The summed E-state index contributed by atoms with van der Waals surface area (Å²) >= 11 is 1.63. The van der Waals surface area contributed by atoms with E-state index in [9.17, 15) is 9.59 Å². The zero-order valence-electron chi connectivity index (χ0n) is 14.4. The van der Waals surface area contributed by atoms with Gasteiger partial charge in [-0.3, -0.25) is 9.59 Å². The third-order valence-electron chi connectivity index (χ3n) is 3.90. The van der Waals surface area contributed by atoms with Gasteiger partial charge in [-0.1, -0.05) is 11.8 Å². The first kappa shape index (κ1) is 18.3. The fourth-order valence-corrected chi connectivity index (χ4v) is 3.52. The van der Waals surface area contributed by atoms with Crippen molar-refractivity contribution in [3.8, 4) is 5.75 Å². The molecule has 26 heavy (non-hydrogen) atoms. The number of hydrogen-bond donors (Lipinski definition) is 3. The van der Waals surface area contributed by atoms with Crippen molar-refractivity contribution < 1.29 is 14.3 Å². The molecular formula is C17H21N5O3S. The average Bonchev–Trinajstić information content (AvgIpc) is 3.23. The van der Waals surface area contributed by atoms with Gasteiger partial charge in [-0.25, -0.2) is 4.98 Å². The molecule has 138 valence electrons. The van der Waals surface area contributed by atoms with Crippen LogP contribution in [0.3, 0.4) is 0 Å². The molecule has 2 aromatic rings. The Hall–Kier alpha value is -2.52. The molecular weight excluding hydrogens is 354 g/mol. The maximum Gasteiger partial charge on any atom is 0.275 e. The zero-order chi connectivity index (χ0) is 18.5. The number of rotatable bonds is 7. The second-order valence-electron chi connectivity index (χ2n) is 5.72. The maximum atomic E-state index is 12.4. The lowest BCUT2D eigenvalue weighted by Crippen LogP contribution is -2.26. The van der Waals surface area contributed by atoms with Gasteiger partial charge in [0.1, 0.15) is 11.4 Å². The van der Waals surface area contributed by atoms with Gasteiger partial charge < -0.3 is 25.7 Å². The Labute approximate surface area is 155 Å². The van der Waals surface area contributed by atoms with Gasteiger partial charge in [0.05, 0.1) is 12.7 Å². The molecule has 2 amide bonds. The van der Waals surface area contributed by atoms with Crippen LogP contribution in [0.2, 0.25) is 0 Å². The van der Waals surface area contributed by atoms with Gasteiger partial charge in [0, 0.05) is 30.7 Å². The normalized spacial score (nSPS) is 12.5. The number of thioether (sulfide) groups is 1. The van der Waals surface area contributed by atoms with E-state index < -0.39 is 0 Å². The number of nitrogens with zero attached hydrogens (tertiary/aromatic N) is 2. The van der Waals surface area contributed by atoms with Crippen molar-refractivity contribution >= 4 is 29.3 Å². The summed E-state index contributed by atoms with van der Waals surface area (Å²) < 4.78 is 7.20. The van der Waals surface area contributed by atoms with Crippen LogP contribution in [0.15, 0.2) is 29.6 Å². The lowest BCUT2D eigenvalue weighted by molar-refractivity contribution is 0.0949. The molecule has 0 fully saturated rings. The molecule has 0 spiro atoms. The highest BCUT2D eigenvalue weighted by Crippen LogP contribution is 2.26. The van der Waals surface area contributed by atoms with Crippen LogP contribution in [-0.4, -0.2) is 47.3 Å². The van der Waals surface area contributed by atoms with Crippen LogP contribution in [0.25, 0.3) is 0 Å². The van der Waals surface area contributed by atoms with Crippen molar-refractivity contribution in [1.82, 2.24) is 14.9 Å². The lowest BCUT2D eigenvalue weighted by atomic mass is 10.1. The summed E-state index contributed by atoms with van der Waals surface area (Å²) in [6.45, 7) is 1.84. The lowest BCUT2D eigenvalue weighted by Gasteiger charge is -2.11. The number of aromatic nitrogens is 2. The number of ether oxygens (including phenoxy) is 1. The summed E-state index contributed by atoms with van der Waals surface area (Å²) in [5, 5.41) is 6.42. The highest BCUT2D eigenvalue weighted by molar-refractivity contribution is 7.99. The molecule has 0 bridgehead atoms. The molecule has 0 radical (unpaired) electrons. The number of carbonyl (C=O) groups is 2. The van der Waals surface area contributed by atoms with Crippen molar-refractivity contribution in [3.05, 3.63) is 35.7 Å². The minimum absolute atomic E-state index is 0.274. The quantitative estimate of drug-likeness (QED) is 0.630. The van der Waals surface area contributed by atoms with Gasteiger partial charge in [0.15, 0.2) is 5.16 Å². The van der Waals surface area contributed by atoms with E-state index in [4.69, 9.17) is 10.5 Å². The van der Waals surface area contributed by atoms with E-state index >= 15 is 0 Å². The first-order valence-electron chi connectivity index (χ1n) is 8.30. The number of nitrogens with two attached hydrogens (primary N) is 1. The molecule has 0 saturated heterocycles. The van der Waals surface area contributed by atoms with E-state index in [1.807, 2.05) is 4.57 Å². The number of benzene rings is 1. The highest BCUT2D eigenvalue weighted by Gasteiger charge is 2.19. The number of imidazole rings is 1.